The van der Waals surface area contributed by atoms with Crippen LogP contribution in [0.15, 0.2) is 23.9 Å². The smallest absolute Gasteiger partial charge is 0.259 e. The third kappa shape index (κ3) is 2.89. The van der Waals surface area contributed by atoms with Crippen molar-refractivity contribution >= 4 is 46.8 Å². The van der Waals surface area contributed by atoms with E-state index in [1.165, 1.54) is 17.6 Å². The van der Waals surface area contributed by atoms with Crippen molar-refractivity contribution in [3.63, 3.8) is 0 Å². The number of nitrogens with one attached hydrogen (secondary N) is 1. The summed E-state index contributed by atoms with van der Waals surface area (Å²) in [5, 5.41) is 7.53. The summed E-state index contributed by atoms with van der Waals surface area (Å²) in [5.74, 6) is 0.0630. The molecular formula is C16H16N4OS2. The molecule has 0 aromatic carbocycles. The molecule has 0 saturated heterocycles. The van der Waals surface area contributed by atoms with E-state index in [9.17, 15) is 4.79 Å². The zero-order chi connectivity index (χ0) is 16.6. The maximum Gasteiger partial charge on any atom is 0.259 e. The van der Waals surface area contributed by atoms with Gasteiger partial charge in [0, 0.05) is 34.2 Å². The molecule has 5 N–H and O–H groups in total. The molecule has 0 unspecified atom stereocenters. The quantitative estimate of drug-likeness (QED) is 0.506. The second-order valence-electron chi connectivity index (χ2n) is 5.36. The van der Waals surface area contributed by atoms with Gasteiger partial charge < -0.3 is 16.9 Å². The Morgan fingerprint density at radius 1 is 1.43 bits per heavy atom. The van der Waals surface area contributed by atoms with E-state index in [2.05, 4.69) is 17.6 Å². The highest BCUT2D eigenvalue weighted by Gasteiger charge is 2.27. The Labute approximate surface area is 143 Å². The first-order chi connectivity index (χ1) is 11.0. The van der Waals surface area contributed by atoms with Crippen LogP contribution in [0.25, 0.3) is 4.91 Å². The fraction of sp³-hybridized carbons (Fsp3) is 0.188. The van der Waals surface area contributed by atoms with Gasteiger partial charge in [0.15, 0.2) is 0 Å². The first-order valence-electron chi connectivity index (χ1n) is 7.09. The molecule has 5 nitrogen and oxygen atoms in total. The van der Waals surface area contributed by atoms with Crippen molar-refractivity contribution in [1.82, 2.24) is 4.98 Å². The Morgan fingerprint density at radius 2 is 2.22 bits per heavy atom. The van der Waals surface area contributed by atoms with Gasteiger partial charge in [0.2, 0.25) is 0 Å². The molecule has 0 radical (unpaired) electrons. The van der Waals surface area contributed by atoms with Crippen LogP contribution in [0.5, 0.6) is 0 Å². The van der Waals surface area contributed by atoms with Crippen LogP contribution in [-0.2, 0) is 12.8 Å². The van der Waals surface area contributed by atoms with Crippen LogP contribution >= 0.6 is 24.0 Å². The minimum absolute atomic E-state index is 0.410. The number of allylic oxidation sites excluding steroid dienone is 1. The third-order valence-electron chi connectivity index (χ3n) is 3.88. The highest BCUT2D eigenvalue weighted by Crippen LogP contribution is 2.42. The molecule has 0 bridgehead atoms. The minimum Gasteiger partial charge on any atom is -0.384 e. The topological polar surface area (TPSA) is 106 Å². The molecule has 0 saturated carbocycles. The predicted molar refractivity (Wildman–Crippen MR) is 97.3 cm³/mol. The van der Waals surface area contributed by atoms with Gasteiger partial charge in [-0.3, -0.25) is 4.79 Å². The van der Waals surface area contributed by atoms with Gasteiger partial charge in [0.25, 0.3) is 5.91 Å². The fourth-order valence-corrected chi connectivity index (χ4v) is 4.52. The summed E-state index contributed by atoms with van der Waals surface area (Å²) >= 11 is 6.00. The van der Waals surface area contributed by atoms with Crippen molar-refractivity contribution in [2.24, 2.45) is 5.73 Å². The Morgan fingerprint density at radius 3 is 2.83 bits per heavy atom. The average Bonchev–Trinajstić information content (AvgIpc) is 2.90. The minimum atomic E-state index is -0.410. The lowest BCUT2D eigenvalue weighted by Crippen LogP contribution is -2.13. The molecule has 118 valence electrons. The molecule has 0 spiro atoms. The molecule has 1 aliphatic carbocycles. The molecule has 3 rings (SSSR count). The number of anilines is 1. The number of nitrogens with zero attached hydrogens (tertiary/aromatic N) is 1. The van der Waals surface area contributed by atoms with Crippen molar-refractivity contribution in [3.05, 3.63) is 50.3 Å². The van der Waals surface area contributed by atoms with E-state index in [0.717, 1.165) is 32.0 Å². The number of nitrogens with two attached hydrogens (primary N) is 2. The lowest BCUT2D eigenvalue weighted by Gasteiger charge is -2.17. The van der Waals surface area contributed by atoms with E-state index >= 15 is 0 Å². The van der Waals surface area contributed by atoms with Gasteiger partial charge in [0.1, 0.15) is 5.82 Å². The SMILES string of the molecule is N=CC1=C(S)c2c(Cc3ccc(N)nc3)sc(C(N)=O)c2CC1. The van der Waals surface area contributed by atoms with Gasteiger partial charge in [-0.15, -0.1) is 24.0 Å². The van der Waals surface area contributed by atoms with Crippen molar-refractivity contribution in [2.45, 2.75) is 19.3 Å². The number of pyridine rings is 1. The van der Waals surface area contributed by atoms with Gasteiger partial charge in [0.05, 0.1) is 4.88 Å². The van der Waals surface area contributed by atoms with Gasteiger partial charge in [-0.05, 0) is 35.6 Å². The van der Waals surface area contributed by atoms with Crippen molar-refractivity contribution in [3.8, 4) is 0 Å². The fourth-order valence-electron chi connectivity index (χ4n) is 2.76. The van der Waals surface area contributed by atoms with Gasteiger partial charge in [-0.1, -0.05) is 6.07 Å². The number of hydrogen-bond acceptors (Lipinski definition) is 6. The van der Waals surface area contributed by atoms with Gasteiger partial charge in [-0.25, -0.2) is 4.98 Å². The summed E-state index contributed by atoms with van der Waals surface area (Å²) in [6.07, 6.45) is 5.10. The number of thiophene rings is 1. The van der Waals surface area contributed by atoms with Crippen LogP contribution in [-0.4, -0.2) is 17.1 Å². The summed E-state index contributed by atoms with van der Waals surface area (Å²) < 4.78 is 0. The summed E-state index contributed by atoms with van der Waals surface area (Å²) in [6, 6.07) is 3.67. The molecule has 2 heterocycles. The zero-order valence-electron chi connectivity index (χ0n) is 12.3. The summed E-state index contributed by atoms with van der Waals surface area (Å²) in [7, 11) is 0. The van der Waals surface area contributed by atoms with E-state index in [1.807, 2.05) is 6.07 Å². The lowest BCUT2D eigenvalue weighted by atomic mass is 9.91. The number of carbonyl (C=O) groups is 1. The first-order valence-corrected chi connectivity index (χ1v) is 8.35. The molecular weight excluding hydrogens is 328 g/mol. The number of amides is 1. The Hall–Kier alpha value is -2.12. The Balaban J connectivity index is 2.11. The average molecular weight is 344 g/mol. The zero-order valence-corrected chi connectivity index (χ0v) is 14.0. The number of nitrogen functional groups attached to an aromatic ring is 1. The van der Waals surface area contributed by atoms with Crippen LogP contribution in [0.2, 0.25) is 0 Å². The second-order valence-corrected chi connectivity index (χ2v) is 6.91. The summed E-state index contributed by atoms with van der Waals surface area (Å²) in [4.78, 5) is 18.2. The van der Waals surface area contributed by atoms with Crippen LogP contribution in [0.4, 0.5) is 5.82 Å². The number of rotatable bonds is 4. The molecule has 0 atom stereocenters. The molecule has 1 amide bonds. The van der Waals surface area contributed by atoms with Crippen LogP contribution in [0, 0.1) is 5.41 Å². The highest BCUT2D eigenvalue weighted by atomic mass is 32.1. The lowest BCUT2D eigenvalue weighted by molar-refractivity contribution is 0.100. The molecule has 23 heavy (non-hydrogen) atoms. The maximum atomic E-state index is 11.8. The monoisotopic (exact) mass is 344 g/mol. The maximum absolute atomic E-state index is 11.8. The normalized spacial score (nSPS) is 13.8. The molecule has 2 aromatic heterocycles. The number of primary amides is 1. The Kier molecular flexibility index (Phi) is 4.23. The van der Waals surface area contributed by atoms with Crippen LogP contribution in [0.1, 0.15) is 37.7 Å². The van der Waals surface area contributed by atoms with E-state index in [-0.39, 0.29) is 0 Å². The molecule has 2 aromatic rings. The first kappa shape index (κ1) is 15.8. The van der Waals surface area contributed by atoms with E-state index < -0.39 is 5.91 Å². The predicted octanol–water partition coefficient (Wildman–Crippen LogP) is 2.65. The number of carbonyl (C=O) groups excluding carboxylic acids is 1. The molecule has 0 fully saturated rings. The van der Waals surface area contributed by atoms with Crippen molar-refractivity contribution in [2.75, 3.05) is 5.73 Å². The van der Waals surface area contributed by atoms with E-state index in [4.69, 9.17) is 16.9 Å². The molecule has 1 aliphatic rings. The number of hydrogen-bond donors (Lipinski definition) is 4. The number of thiol groups is 1. The summed E-state index contributed by atoms with van der Waals surface area (Å²) in [5.41, 5.74) is 14.9. The number of fused-ring (bicyclic) bond motifs is 1. The van der Waals surface area contributed by atoms with Crippen LogP contribution in [0.3, 0.4) is 0 Å². The third-order valence-corrected chi connectivity index (χ3v) is 5.63. The highest BCUT2D eigenvalue weighted by molar-refractivity contribution is 7.90. The van der Waals surface area contributed by atoms with Crippen molar-refractivity contribution < 1.29 is 4.79 Å². The number of aromatic nitrogens is 1. The largest absolute Gasteiger partial charge is 0.384 e. The molecule has 0 aliphatic heterocycles. The summed E-state index contributed by atoms with van der Waals surface area (Å²) in [6.45, 7) is 0. The van der Waals surface area contributed by atoms with E-state index in [0.29, 0.717) is 30.0 Å². The van der Waals surface area contributed by atoms with E-state index in [1.54, 1.807) is 12.3 Å². The Bertz CT molecular complexity index is 821. The molecule has 7 heteroatoms. The standard InChI is InChI=1S/C16H16N4OS2/c17-6-9-2-3-10-13(14(9)22)11(23-15(10)16(19)21)5-8-1-4-12(18)20-7-8/h1,4,6-7,17,22H,2-3,5H2,(H2,18,20)(H2,19,21). The van der Waals surface area contributed by atoms with Crippen molar-refractivity contribution in [1.29, 1.82) is 5.41 Å². The van der Waals surface area contributed by atoms with Gasteiger partial charge in [-0.2, -0.15) is 0 Å². The van der Waals surface area contributed by atoms with Crippen LogP contribution < -0.4 is 11.5 Å². The van der Waals surface area contributed by atoms with Gasteiger partial charge >= 0.3 is 0 Å². The second kappa shape index (κ2) is 6.17.